The Bertz CT molecular complexity index is 356. The van der Waals surface area contributed by atoms with Crippen LogP contribution in [0.4, 0.5) is 5.69 Å². The third-order valence-electron chi connectivity index (χ3n) is 1.30. The third-order valence-corrected chi connectivity index (χ3v) is 2.21. The zero-order valence-corrected chi connectivity index (χ0v) is 7.43. The van der Waals surface area contributed by atoms with Crippen molar-refractivity contribution in [2.24, 2.45) is 0 Å². The predicted octanol–water partition coefficient (Wildman–Crippen LogP) is 1.57. The third kappa shape index (κ3) is 2.16. The predicted molar refractivity (Wildman–Crippen MR) is 50.1 cm³/mol. The average Bonchev–Trinajstić information content (AvgIpc) is 2.52. The minimum atomic E-state index is -1.05. The van der Waals surface area contributed by atoms with Gasteiger partial charge in [0, 0.05) is 0 Å². The first-order chi connectivity index (χ1) is 6.15. The van der Waals surface area contributed by atoms with Crippen molar-refractivity contribution in [3.05, 3.63) is 29.0 Å². The molecule has 1 amide bonds. The van der Waals surface area contributed by atoms with Crippen molar-refractivity contribution in [1.29, 1.82) is 0 Å². The monoisotopic (exact) mass is 197 g/mol. The molecular weight excluding hydrogens is 190 g/mol. The van der Waals surface area contributed by atoms with E-state index in [1.165, 1.54) is 6.07 Å². The molecular formula is C8H7NO3S. The molecule has 0 atom stereocenters. The maximum Gasteiger partial charge on any atom is 0.348 e. The minimum absolute atomic E-state index is 0.121. The second-order valence-corrected chi connectivity index (χ2v) is 3.08. The fourth-order valence-electron chi connectivity index (χ4n) is 0.757. The second-order valence-electron chi connectivity index (χ2n) is 2.16. The molecule has 0 aromatic carbocycles. The highest BCUT2D eigenvalue weighted by Crippen LogP contribution is 2.21. The van der Waals surface area contributed by atoms with Crippen molar-refractivity contribution in [2.75, 3.05) is 5.32 Å². The van der Waals surface area contributed by atoms with E-state index in [4.69, 9.17) is 5.11 Å². The van der Waals surface area contributed by atoms with Crippen LogP contribution < -0.4 is 5.32 Å². The molecule has 0 spiro atoms. The molecule has 1 aromatic rings. The molecule has 1 aromatic heterocycles. The lowest BCUT2D eigenvalue weighted by atomic mass is 10.4. The van der Waals surface area contributed by atoms with Crippen LogP contribution in [-0.4, -0.2) is 17.0 Å². The number of hydrogen-bond acceptors (Lipinski definition) is 3. The lowest BCUT2D eigenvalue weighted by Crippen LogP contribution is -2.09. The Morgan fingerprint density at radius 2 is 2.31 bits per heavy atom. The van der Waals surface area contributed by atoms with Gasteiger partial charge >= 0.3 is 5.97 Å². The molecule has 1 heterocycles. The average molecular weight is 197 g/mol. The Balaban J connectivity index is 2.88. The summed E-state index contributed by atoms with van der Waals surface area (Å²) in [6, 6.07) is 1.54. The Morgan fingerprint density at radius 3 is 2.85 bits per heavy atom. The topological polar surface area (TPSA) is 66.4 Å². The summed E-state index contributed by atoms with van der Waals surface area (Å²) in [6.45, 7) is 3.26. The molecule has 4 nitrogen and oxygen atoms in total. The molecule has 0 aliphatic rings. The van der Waals surface area contributed by atoms with Gasteiger partial charge in [-0.15, -0.1) is 11.3 Å². The maximum absolute atomic E-state index is 10.8. The van der Waals surface area contributed by atoms with Gasteiger partial charge < -0.3 is 10.4 Å². The summed E-state index contributed by atoms with van der Waals surface area (Å²) in [5.74, 6) is -1.46. The van der Waals surface area contributed by atoms with Crippen LogP contribution in [-0.2, 0) is 4.79 Å². The van der Waals surface area contributed by atoms with Gasteiger partial charge in [-0.3, -0.25) is 4.79 Å². The van der Waals surface area contributed by atoms with E-state index in [9.17, 15) is 9.59 Å². The van der Waals surface area contributed by atoms with Gasteiger partial charge in [0.05, 0.1) is 5.69 Å². The minimum Gasteiger partial charge on any atom is -0.477 e. The van der Waals surface area contributed by atoms with Gasteiger partial charge in [0.2, 0.25) is 5.91 Å². The molecule has 0 radical (unpaired) electrons. The number of hydrogen-bond donors (Lipinski definition) is 2. The summed E-state index contributed by atoms with van der Waals surface area (Å²) in [6.07, 6.45) is 1.09. The summed E-state index contributed by atoms with van der Waals surface area (Å²) >= 11 is 1.06. The number of carbonyl (C=O) groups is 2. The molecule has 0 unspecified atom stereocenters. The fraction of sp³-hybridized carbons (Fsp3) is 0. The van der Waals surface area contributed by atoms with Crippen LogP contribution in [0.5, 0.6) is 0 Å². The van der Waals surface area contributed by atoms with E-state index in [0.29, 0.717) is 5.69 Å². The number of nitrogens with one attached hydrogen (secondary N) is 1. The van der Waals surface area contributed by atoms with Gasteiger partial charge in [0.1, 0.15) is 4.88 Å². The molecule has 0 aliphatic heterocycles. The van der Waals surface area contributed by atoms with Crippen molar-refractivity contribution in [3.8, 4) is 0 Å². The van der Waals surface area contributed by atoms with Crippen LogP contribution in [0.1, 0.15) is 9.67 Å². The highest BCUT2D eigenvalue weighted by molar-refractivity contribution is 7.12. The first-order valence-electron chi connectivity index (χ1n) is 3.39. The number of amides is 1. The van der Waals surface area contributed by atoms with Gasteiger partial charge in [-0.1, -0.05) is 6.58 Å². The second kappa shape index (κ2) is 3.86. The van der Waals surface area contributed by atoms with E-state index >= 15 is 0 Å². The normalized spacial score (nSPS) is 9.23. The van der Waals surface area contributed by atoms with E-state index in [-0.39, 0.29) is 4.88 Å². The summed E-state index contributed by atoms with van der Waals surface area (Å²) in [5.41, 5.74) is 0.308. The molecule has 68 valence electrons. The van der Waals surface area contributed by atoms with Crippen LogP contribution in [0.15, 0.2) is 24.1 Å². The number of aromatic carboxylic acids is 1. The smallest absolute Gasteiger partial charge is 0.348 e. The summed E-state index contributed by atoms with van der Waals surface area (Å²) in [7, 11) is 0. The van der Waals surface area contributed by atoms with Gasteiger partial charge in [0.15, 0.2) is 0 Å². The van der Waals surface area contributed by atoms with E-state index in [0.717, 1.165) is 17.4 Å². The molecule has 2 N–H and O–H groups in total. The number of carboxylic acid groups (broad SMARTS) is 1. The molecule has 0 bridgehead atoms. The molecule has 13 heavy (non-hydrogen) atoms. The van der Waals surface area contributed by atoms with Crippen LogP contribution >= 0.6 is 11.3 Å². The maximum atomic E-state index is 10.8. The highest BCUT2D eigenvalue weighted by Gasteiger charge is 2.12. The number of rotatable bonds is 3. The van der Waals surface area contributed by atoms with Crippen molar-refractivity contribution in [2.45, 2.75) is 0 Å². The van der Waals surface area contributed by atoms with Crippen molar-refractivity contribution in [3.63, 3.8) is 0 Å². The van der Waals surface area contributed by atoms with Gasteiger partial charge in [-0.25, -0.2) is 4.79 Å². The molecule has 0 saturated heterocycles. The van der Waals surface area contributed by atoms with Gasteiger partial charge in [-0.2, -0.15) is 0 Å². The van der Waals surface area contributed by atoms with E-state index in [2.05, 4.69) is 11.9 Å². The van der Waals surface area contributed by atoms with Crippen LogP contribution in [0.2, 0.25) is 0 Å². The van der Waals surface area contributed by atoms with E-state index in [1.807, 2.05) is 0 Å². The van der Waals surface area contributed by atoms with Crippen LogP contribution in [0.25, 0.3) is 0 Å². The largest absolute Gasteiger partial charge is 0.477 e. The van der Waals surface area contributed by atoms with Gasteiger partial charge in [0.25, 0.3) is 0 Å². The summed E-state index contributed by atoms with van der Waals surface area (Å²) < 4.78 is 0. The van der Waals surface area contributed by atoms with Gasteiger partial charge in [-0.05, 0) is 17.5 Å². The van der Waals surface area contributed by atoms with Crippen molar-refractivity contribution >= 4 is 28.9 Å². The lowest BCUT2D eigenvalue weighted by Gasteiger charge is -1.99. The molecule has 5 heteroatoms. The lowest BCUT2D eigenvalue weighted by molar-refractivity contribution is -0.111. The zero-order valence-electron chi connectivity index (χ0n) is 6.61. The number of carbonyl (C=O) groups excluding carboxylic acids is 1. The Kier molecular flexibility index (Phi) is 2.81. The molecule has 1 rings (SSSR count). The van der Waals surface area contributed by atoms with Crippen molar-refractivity contribution in [1.82, 2.24) is 0 Å². The first-order valence-corrected chi connectivity index (χ1v) is 4.27. The Hall–Kier alpha value is -1.62. The molecule has 0 aliphatic carbocycles. The fourth-order valence-corrected chi connectivity index (χ4v) is 1.44. The number of thiophene rings is 1. The van der Waals surface area contributed by atoms with E-state index < -0.39 is 11.9 Å². The SMILES string of the molecule is C=CC(=O)Nc1ccsc1C(=O)O. The Labute approximate surface area is 78.5 Å². The quantitative estimate of drug-likeness (QED) is 0.723. The molecule has 0 fully saturated rings. The summed E-state index contributed by atoms with van der Waals surface area (Å²) in [5, 5.41) is 12.7. The van der Waals surface area contributed by atoms with Crippen LogP contribution in [0, 0.1) is 0 Å². The standard InChI is InChI=1S/C8H7NO3S/c1-2-6(10)9-5-3-4-13-7(5)8(11)12/h2-4H,1H2,(H,9,10)(H,11,12). The number of anilines is 1. The summed E-state index contributed by atoms with van der Waals surface area (Å²) in [4.78, 5) is 21.5. The van der Waals surface area contributed by atoms with Crippen LogP contribution in [0.3, 0.4) is 0 Å². The Morgan fingerprint density at radius 1 is 1.62 bits per heavy atom. The zero-order chi connectivity index (χ0) is 9.84. The highest BCUT2D eigenvalue weighted by atomic mass is 32.1. The molecule has 0 saturated carbocycles. The van der Waals surface area contributed by atoms with E-state index in [1.54, 1.807) is 5.38 Å². The first kappa shape index (κ1) is 9.47. The number of carboxylic acids is 1. The van der Waals surface area contributed by atoms with Crippen molar-refractivity contribution < 1.29 is 14.7 Å².